The molecular weight excluding hydrogens is 432 g/mol. The predicted octanol–water partition coefficient (Wildman–Crippen LogP) is 3.77. The highest BCUT2D eigenvalue weighted by atomic mass is 32.2. The standard InChI is InChI=1S/C23H20N2O6S/c1-15(26)24-16-7-10-18(11-8-16)32(28,29)25(2)14-23(27)30-17-9-12-22-20(13-17)19-5-3-4-6-21(19)31-22/h3-13H,14H2,1-2H3,(H,24,26). The van der Waals surface area contributed by atoms with Crippen LogP contribution in [-0.4, -0.2) is 38.2 Å². The van der Waals surface area contributed by atoms with E-state index in [1.54, 1.807) is 18.2 Å². The number of hydrogen-bond acceptors (Lipinski definition) is 6. The number of esters is 1. The number of benzene rings is 3. The van der Waals surface area contributed by atoms with Gasteiger partial charge in [0, 0.05) is 30.4 Å². The van der Waals surface area contributed by atoms with Gasteiger partial charge in [0.1, 0.15) is 23.5 Å². The predicted molar refractivity (Wildman–Crippen MR) is 120 cm³/mol. The Morgan fingerprint density at radius 1 is 0.969 bits per heavy atom. The first kappa shape index (κ1) is 21.5. The number of fused-ring (bicyclic) bond motifs is 3. The molecule has 0 bridgehead atoms. The van der Waals surface area contributed by atoms with Crippen LogP contribution in [0.5, 0.6) is 5.75 Å². The van der Waals surface area contributed by atoms with E-state index in [1.807, 2.05) is 24.3 Å². The smallest absolute Gasteiger partial charge is 0.326 e. The van der Waals surface area contributed by atoms with Crippen molar-refractivity contribution in [2.45, 2.75) is 11.8 Å². The fourth-order valence-electron chi connectivity index (χ4n) is 3.29. The summed E-state index contributed by atoms with van der Waals surface area (Å²) in [6.45, 7) is 0.886. The SMILES string of the molecule is CC(=O)Nc1ccc(S(=O)(=O)N(C)CC(=O)Oc2ccc3oc4ccccc4c3c2)cc1. The maximum absolute atomic E-state index is 12.8. The second-order valence-corrected chi connectivity index (χ2v) is 9.24. The molecule has 0 radical (unpaired) electrons. The number of para-hydroxylation sites is 1. The van der Waals surface area contributed by atoms with Crippen molar-refractivity contribution in [2.24, 2.45) is 0 Å². The molecule has 0 unspecified atom stereocenters. The average Bonchev–Trinajstić information content (AvgIpc) is 3.11. The molecule has 0 aliphatic carbocycles. The van der Waals surface area contributed by atoms with E-state index in [0.717, 1.165) is 20.7 Å². The topological polar surface area (TPSA) is 106 Å². The van der Waals surface area contributed by atoms with Gasteiger partial charge in [-0.1, -0.05) is 18.2 Å². The summed E-state index contributed by atoms with van der Waals surface area (Å²) < 4.78 is 37.5. The van der Waals surface area contributed by atoms with Gasteiger partial charge in [0.15, 0.2) is 0 Å². The summed E-state index contributed by atoms with van der Waals surface area (Å²) in [4.78, 5) is 23.5. The van der Waals surface area contributed by atoms with Crippen LogP contribution in [0.25, 0.3) is 21.9 Å². The van der Waals surface area contributed by atoms with E-state index in [4.69, 9.17) is 9.15 Å². The Labute approximate surface area is 184 Å². The molecule has 4 aromatic rings. The summed E-state index contributed by atoms with van der Waals surface area (Å²) >= 11 is 0. The molecule has 3 aromatic carbocycles. The molecule has 0 saturated carbocycles. The fraction of sp³-hybridized carbons (Fsp3) is 0.130. The normalized spacial score (nSPS) is 11.7. The lowest BCUT2D eigenvalue weighted by molar-refractivity contribution is -0.134. The van der Waals surface area contributed by atoms with Crippen LogP contribution in [0.4, 0.5) is 5.69 Å². The lowest BCUT2D eigenvalue weighted by atomic mass is 10.1. The Hall–Kier alpha value is -3.69. The largest absolute Gasteiger partial charge is 0.456 e. The molecule has 32 heavy (non-hydrogen) atoms. The van der Waals surface area contributed by atoms with Crippen LogP contribution < -0.4 is 10.1 Å². The first-order valence-electron chi connectivity index (χ1n) is 9.70. The third-order valence-electron chi connectivity index (χ3n) is 4.81. The van der Waals surface area contributed by atoms with Crippen LogP contribution in [0, 0.1) is 0 Å². The summed E-state index contributed by atoms with van der Waals surface area (Å²) in [5, 5.41) is 4.25. The fourth-order valence-corrected chi connectivity index (χ4v) is 4.41. The minimum absolute atomic E-state index is 0.00631. The Bertz CT molecular complexity index is 1420. The molecule has 0 fully saturated rings. The monoisotopic (exact) mass is 452 g/mol. The van der Waals surface area contributed by atoms with E-state index in [0.29, 0.717) is 17.0 Å². The van der Waals surface area contributed by atoms with Gasteiger partial charge in [0.05, 0.1) is 4.90 Å². The second kappa shape index (κ2) is 8.45. The Kier molecular flexibility index (Phi) is 5.68. The molecule has 1 amide bonds. The number of nitrogens with one attached hydrogen (secondary N) is 1. The number of carbonyl (C=O) groups excluding carboxylic acids is 2. The lowest BCUT2D eigenvalue weighted by Gasteiger charge is -2.16. The molecule has 1 heterocycles. The molecule has 4 rings (SSSR count). The third-order valence-corrected chi connectivity index (χ3v) is 6.63. The summed E-state index contributed by atoms with van der Waals surface area (Å²) in [5.74, 6) is -0.695. The van der Waals surface area contributed by atoms with Gasteiger partial charge in [-0.05, 0) is 48.5 Å². The molecule has 0 spiro atoms. The van der Waals surface area contributed by atoms with Crippen LogP contribution >= 0.6 is 0 Å². The zero-order chi connectivity index (χ0) is 22.9. The molecule has 1 aromatic heterocycles. The van der Waals surface area contributed by atoms with E-state index < -0.39 is 22.5 Å². The van der Waals surface area contributed by atoms with Crippen molar-refractivity contribution in [3.8, 4) is 5.75 Å². The molecule has 0 atom stereocenters. The minimum Gasteiger partial charge on any atom is -0.456 e. The van der Waals surface area contributed by atoms with Crippen molar-refractivity contribution < 1.29 is 27.2 Å². The molecule has 9 heteroatoms. The number of likely N-dealkylation sites (N-methyl/N-ethyl adjacent to an activating group) is 1. The number of ether oxygens (including phenoxy) is 1. The first-order valence-corrected chi connectivity index (χ1v) is 11.1. The van der Waals surface area contributed by atoms with Crippen LogP contribution in [-0.2, 0) is 19.6 Å². The first-order chi connectivity index (χ1) is 15.2. The highest BCUT2D eigenvalue weighted by Crippen LogP contribution is 2.31. The number of sulfonamides is 1. The second-order valence-electron chi connectivity index (χ2n) is 7.20. The van der Waals surface area contributed by atoms with Gasteiger partial charge in [-0.3, -0.25) is 9.59 Å². The minimum atomic E-state index is -3.92. The lowest BCUT2D eigenvalue weighted by Crippen LogP contribution is -2.34. The van der Waals surface area contributed by atoms with Gasteiger partial charge >= 0.3 is 5.97 Å². The quantitative estimate of drug-likeness (QED) is 0.353. The maximum atomic E-state index is 12.8. The Morgan fingerprint density at radius 2 is 1.66 bits per heavy atom. The van der Waals surface area contributed by atoms with Crippen LogP contribution in [0.2, 0.25) is 0 Å². The number of carbonyl (C=O) groups is 2. The van der Waals surface area contributed by atoms with Crippen molar-refractivity contribution in [3.63, 3.8) is 0 Å². The number of furan rings is 1. The molecule has 0 saturated heterocycles. The number of nitrogens with zero attached hydrogens (tertiary/aromatic N) is 1. The zero-order valence-corrected chi connectivity index (χ0v) is 18.2. The highest BCUT2D eigenvalue weighted by Gasteiger charge is 2.24. The van der Waals surface area contributed by atoms with Crippen molar-refractivity contribution in [2.75, 3.05) is 18.9 Å². The Morgan fingerprint density at radius 3 is 2.38 bits per heavy atom. The van der Waals surface area contributed by atoms with Crippen LogP contribution in [0.15, 0.2) is 76.0 Å². The van der Waals surface area contributed by atoms with Gasteiger partial charge in [0.2, 0.25) is 15.9 Å². The van der Waals surface area contributed by atoms with Crippen molar-refractivity contribution >= 4 is 49.5 Å². The summed E-state index contributed by atoms with van der Waals surface area (Å²) in [6.07, 6.45) is 0. The van der Waals surface area contributed by atoms with E-state index in [9.17, 15) is 18.0 Å². The summed E-state index contributed by atoms with van der Waals surface area (Å²) in [6, 6.07) is 18.2. The van der Waals surface area contributed by atoms with Crippen molar-refractivity contribution in [3.05, 3.63) is 66.7 Å². The number of amides is 1. The van der Waals surface area contributed by atoms with Gasteiger partial charge < -0.3 is 14.5 Å². The van der Waals surface area contributed by atoms with E-state index in [-0.39, 0.29) is 10.8 Å². The van der Waals surface area contributed by atoms with Gasteiger partial charge in [-0.15, -0.1) is 0 Å². The molecule has 0 aliphatic heterocycles. The molecule has 1 N–H and O–H groups in total. The number of anilines is 1. The third kappa shape index (κ3) is 4.34. The zero-order valence-electron chi connectivity index (χ0n) is 17.4. The molecule has 164 valence electrons. The number of hydrogen-bond donors (Lipinski definition) is 1. The average molecular weight is 452 g/mol. The van der Waals surface area contributed by atoms with Gasteiger partial charge in [0.25, 0.3) is 0 Å². The highest BCUT2D eigenvalue weighted by molar-refractivity contribution is 7.89. The van der Waals surface area contributed by atoms with Crippen LogP contribution in [0.3, 0.4) is 0 Å². The van der Waals surface area contributed by atoms with E-state index >= 15 is 0 Å². The van der Waals surface area contributed by atoms with Gasteiger partial charge in [-0.25, -0.2) is 8.42 Å². The summed E-state index contributed by atoms with van der Waals surface area (Å²) in [5.41, 5.74) is 1.86. The van der Waals surface area contributed by atoms with E-state index in [2.05, 4.69) is 5.32 Å². The maximum Gasteiger partial charge on any atom is 0.326 e. The summed E-state index contributed by atoms with van der Waals surface area (Å²) in [7, 11) is -2.62. The van der Waals surface area contributed by atoms with Crippen molar-refractivity contribution in [1.82, 2.24) is 4.31 Å². The van der Waals surface area contributed by atoms with Crippen molar-refractivity contribution in [1.29, 1.82) is 0 Å². The van der Waals surface area contributed by atoms with Crippen LogP contribution in [0.1, 0.15) is 6.92 Å². The molecule has 8 nitrogen and oxygen atoms in total. The molecular formula is C23H20N2O6S. The van der Waals surface area contributed by atoms with E-state index in [1.165, 1.54) is 38.2 Å². The number of rotatable bonds is 6. The van der Waals surface area contributed by atoms with Gasteiger partial charge in [-0.2, -0.15) is 4.31 Å². The molecule has 0 aliphatic rings. The Balaban J connectivity index is 1.47.